The van der Waals surface area contributed by atoms with E-state index >= 15 is 0 Å². The number of furan rings is 1. The maximum absolute atomic E-state index is 12.1. The van der Waals surface area contributed by atoms with Crippen LogP contribution >= 0.6 is 11.3 Å². The fourth-order valence-corrected chi connectivity index (χ4v) is 3.44. The smallest absolute Gasteiger partial charge is 0.270 e. The zero-order valence-electron chi connectivity index (χ0n) is 12.6. The van der Waals surface area contributed by atoms with E-state index in [9.17, 15) is 4.79 Å². The maximum atomic E-state index is 12.1. The first-order chi connectivity index (χ1) is 10.8. The molecule has 3 heterocycles. The molecular weight excluding hydrogens is 298 g/mol. The van der Waals surface area contributed by atoms with Gasteiger partial charge in [0.15, 0.2) is 10.8 Å². The number of piperidine rings is 1. The van der Waals surface area contributed by atoms with E-state index in [1.54, 1.807) is 11.6 Å². The SMILES string of the molecule is O=C(NCCCN1CCCCC1)c1csc(-c2ccco2)n1. The van der Waals surface area contributed by atoms with Gasteiger partial charge in [-0.25, -0.2) is 4.98 Å². The largest absolute Gasteiger partial charge is 0.462 e. The van der Waals surface area contributed by atoms with E-state index in [4.69, 9.17) is 4.42 Å². The second-order valence-corrected chi connectivity index (χ2v) is 6.39. The van der Waals surface area contributed by atoms with Gasteiger partial charge in [0.1, 0.15) is 5.69 Å². The fourth-order valence-electron chi connectivity index (χ4n) is 2.67. The van der Waals surface area contributed by atoms with E-state index in [0.717, 1.165) is 18.0 Å². The minimum Gasteiger partial charge on any atom is -0.462 e. The van der Waals surface area contributed by atoms with Crippen molar-refractivity contribution in [2.75, 3.05) is 26.2 Å². The quantitative estimate of drug-likeness (QED) is 0.832. The van der Waals surface area contributed by atoms with Crippen molar-refractivity contribution >= 4 is 17.2 Å². The van der Waals surface area contributed by atoms with E-state index in [1.807, 2.05) is 12.1 Å². The molecule has 0 aliphatic carbocycles. The van der Waals surface area contributed by atoms with Gasteiger partial charge < -0.3 is 14.6 Å². The Balaban J connectivity index is 1.42. The van der Waals surface area contributed by atoms with E-state index in [-0.39, 0.29) is 5.91 Å². The lowest BCUT2D eigenvalue weighted by molar-refractivity contribution is 0.0947. The molecule has 2 aromatic rings. The topological polar surface area (TPSA) is 58.4 Å². The van der Waals surface area contributed by atoms with Gasteiger partial charge in [-0.2, -0.15) is 0 Å². The highest BCUT2D eigenvalue weighted by molar-refractivity contribution is 7.13. The Morgan fingerprint density at radius 1 is 1.36 bits per heavy atom. The predicted molar refractivity (Wildman–Crippen MR) is 87.1 cm³/mol. The summed E-state index contributed by atoms with van der Waals surface area (Å²) in [6.45, 7) is 4.16. The highest BCUT2D eigenvalue weighted by Gasteiger charge is 2.13. The molecule has 22 heavy (non-hydrogen) atoms. The van der Waals surface area contributed by atoms with E-state index in [2.05, 4.69) is 15.2 Å². The van der Waals surface area contributed by atoms with Crippen molar-refractivity contribution in [1.29, 1.82) is 0 Å². The van der Waals surface area contributed by atoms with Crippen LogP contribution < -0.4 is 5.32 Å². The average Bonchev–Trinajstić information content (AvgIpc) is 3.22. The van der Waals surface area contributed by atoms with Crippen LogP contribution in [0.1, 0.15) is 36.2 Å². The number of carbonyl (C=O) groups is 1. The first-order valence-electron chi connectivity index (χ1n) is 7.83. The van der Waals surface area contributed by atoms with Gasteiger partial charge >= 0.3 is 0 Å². The number of carbonyl (C=O) groups excluding carboxylic acids is 1. The molecule has 3 rings (SSSR count). The van der Waals surface area contributed by atoms with Crippen LogP contribution in [0.2, 0.25) is 0 Å². The van der Waals surface area contributed by atoms with Gasteiger partial charge in [-0.05, 0) is 51.0 Å². The van der Waals surface area contributed by atoms with Gasteiger partial charge in [-0.3, -0.25) is 4.79 Å². The zero-order valence-corrected chi connectivity index (χ0v) is 13.4. The van der Waals surface area contributed by atoms with Crippen molar-refractivity contribution < 1.29 is 9.21 Å². The van der Waals surface area contributed by atoms with Gasteiger partial charge in [-0.15, -0.1) is 11.3 Å². The fraction of sp³-hybridized carbons (Fsp3) is 0.500. The molecule has 6 heteroatoms. The van der Waals surface area contributed by atoms with E-state index < -0.39 is 0 Å². The number of rotatable bonds is 6. The normalized spacial score (nSPS) is 15.8. The molecule has 1 N–H and O–H groups in total. The molecule has 1 aliphatic rings. The van der Waals surface area contributed by atoms with Crippen LogP contribution in [0.25, 0.3) is 10.8 Å². The zero-order chi connectivity index (χ0) is 15.2. The molecule has 118 valence electrons. The first-order valence-corrected chi connectivity index (χ1v) is 8.71. The number of nitrogens with one attached hydrogen (secondary N) is 1. The summed E-state index contributed by atoms with van der Waals surface area (Å²) in [5.74, 6) is 0.599. The first kappa shape index (κ1) is 15.2. The molecule has 1 amide bonds. The number of amides is 1. The number of likely N-dealkylation sites (tertiary alicyclic amines) is 1. The summed E-state index contributed by atoms with van der Waals surface area (Å²) >= 11 is 1.42. The van der Waals surface area contributed by atoms with E-state index in [1.165, 1.54) is 43.7 Å². The Morgan fingerprint density at radius 2 is 2.23 bits per heavy atom. The van der Waals surface area contributed by atoms with Crippen molar-refractivity contribution in [3.05, 3.63) is 29.5 Å². The van der Waals surface area contributed by atoms with Crippen molar-refractivity contribution in [2.24, 2.45) is 0 Å². The molecule has 0 aromatic carbocycles. The number of nitrogens with zero attached hydrogens (tertiary/aromatic N) is 2. The Labute approximate surface area is 134 Å². The van der Waals surface area contributed by atoms with Gasteiger partial charge in [-0.1, -0.05) is 6.42 Å². The molecular formula is C16H21N3O2S. The minimum absolute atomic E-state index is 0.104. The van der Waals surface area contributed by atoms with Gasteiger partial charge in [0.2, 0.25) is 0 Å². The molecule has 0 saturated carbocycles. The highest BCUT2D eigenvalue weighted by Crippen LogP contribution is 2.23. The second-order valence-electron chi connectivity index (χ2n) is 5.53. The third-order valence-corrected chi connectivity index (χ3v) is 4.71. The molecule has 0 atom stereocenters. The van der Waals surface area contributed by atoms with Crippen molar-refractivity contribution in [2.45, 2.75) is 25.7 Å². The van der Waals surface area contributed by atoms with Crippen LogP contribution in [-0.4, -0.2) is 42.0 Å². The summed E-state index contributed by atoms with van der Waals surface area (Å²) in [5, 5.41) is 5.46. The van der Waals surface area contributed by atoms with Crippen molar-refractivity contribution in [1.82, 2.24) is 15.2 Å². The average molecular weight is 319 g/mol. The minimum atomic E-state index is -0.104. The van der Waals surface area contributed by atoms with Crippen molar-refractivity contribution in [3.8, 4) is 10.8 Å². The molecule has 5 nitrogen and oxygen atoms in total. The molecule has 0 unspecified atom stereocenters. The number of aromatic nitrogens is 1. The van der Waals surface area contributed by atoms with E-state index in [0.29, 0.717) is 18.0 Å². The molecule has 1 saturated heterocycles. The number of thiazole rings is 1. The summed E-state index contributed by atoms with van der Waals surface area (Å²) < 4.78 is 5.29. The van der Waals surface area contributed by atoms with Crippen LogP contribution in [0.5, 0.6) is 0 Å². The summed E-state index contributed by atoms with van der Waals surface area (Å²) in [6.07, 6.45) is 6.56. The van der Waals surface area contributed by atoms with Crippen molar-refractivity contribution in [3.63, 3.8) is 0 Å². The third kappa shape index (κ3) is 3.96. The number of hydrogen-bond acceptors (Lipinski definition) is 5. The van der Waals surface area contributed by atoms with Gasteiger partial charge in [0.05, 0.1) is 6.26 Å². The lowest BCUT2D eigenvalue weighted by Crippen LogP contribution is -2.33. The molecule has 1 fully saturated rings. The summed E-state index contributed by atoms with van der Waals surface area (Å²) in [5.41, 5.74) is 0.467. The number of hydrogen-bond donors (Lipinski definition) is 1. The van der Waals surface area contributed by atoms with Crippen LogP contribution in [0.4, 0.5) is 0 Å². The molecule has 2 aromatic heterocycles. The standard InChI is InChI=1S/C16H21N3O2S/c20-15(17-7-5-10-19-8-2-1-3-9-19)13-12-22-16(18-13)14-6-4-11-21-14/h4,6,11-12H,1-3,5,7-10H2,(H,17,20). The highest BCUT2D eigenvalue weighted by atomic mass is 32.1. The molecule has 1 aliphatic heterocycles. The molecule has 0 bridgehead atoms. The van der Waals surface area contributed by atoms with Gasteiger partial charge in [0.25, 0.3) is 5.91 Å². The molecule has 0 spiro atoms. The Morgan fingerprint density at radius 3 is 3.00 bits per heavy atom. The predicted octanol–water partition coefficient (Wildman–Crippen LogP) is 3.01. The van der Waals surface area contributed by atoms with Crippen LogP contribution in [0.15, 0.2) is 28.2 Å². The summed E-state index contributed by atoms with van der Waals surface area (Å²) in [4.78, 5) is 18.9. The van der Waals surface area contributed by atoms with Crippen LogP contribution in [-0.2, 0) is 0 Å². The maximum Gasteiger partial charge on any atom is 0.270 e. The summed E-state index contributed by atoms with van der Waals surface area (Å²) in [7, 11) is 0. The Bertz CT molecular complexity index is 588. The third-order valence-electron chi connectivity index (χ3n) is 3.85. The molecule has 0 radical (unpaired) electrons. The lowest BCUT2D eigenvalue weighted by atomic mass is 10.1. The van der Waals surface area contributed by atoms with Crippen LogP contribution in [0.3, 0.4) is 0 Å². The lowest BCUT2D eigenvalue weighted by Gasteiger charge is -2.26. The summed E-state index contributed by atoms with van der Waals surface area (Å²) in [6, 6.07) is 3.66. The van der Waals surface area contributed by atoms with Gasteiger partial charge in [0, 0.05) is 11.9 Å². The van der Waals surface area contributed by atoms with Crippen LogP contribution in [0, 0.1) is 0 Å². The Kier molecular flexibility index (Phi) is 5.24. The monoisotopic (exact) mass is 319 g/mol. The Hall–Kier alpha value is -1.66. The second kappa shape index (κ2) is 7.56.